The highest BCUT2D eigenvalue weighted by molar-refractivity contribution is 7.99. The van der Waals surface area contributed by atoms with Crippen LogP contribution in [0.1, 0.15) is 17.2 Å². The van der Waals surface area contributed by atoms with Crippen molar-refractivity contribution in [2.75, 3.05) is 18.1 Å². The molecule has 0 aliphatic carbocycles. The molecule has 18 heavy (non-hydrogen) atoms. The predicted molar refractivity (Wildman–Crippen MR) is 64.3 cm³/mol. The lowest BCUT2D eigenvalue weighted by molar-refractivity contribution is -0.137. The minimum atomic E-state index is -4.32. The van der Waals surface area contributed by atoms with Crippen molar-refractivity contribution in [1.82, 2.24) is 4.90 Å². The number of rotatable bonds is 2. The zero-order valence-corrected chi connectivity index (χ0v) is 10.3. The third kappa shape index (κ3) is 2.80. The SMILES string of the molecule is O=CN1CCSC[C@H]1c1ccc(C(F)(F)F)cc1. The zero-order valence-electron chi connectivity index (χ0n) is 9.48. The van der Waals surface area contributed by atoms with Gasteiger partial charge in [0.2, 0.25) is 6.41 Å². The number of carbonyl (C=O) groups excluding carboxylic acids is 1. The molecule has 0 radical (unpaired) electrons. The van der Waals surface area contributed by atoms with E-state index < -0.39 is 11.7 Å². The smallest absolute Gasteiger partial charge is 0.337 e. The predicted octanol–water partition coefficient (Wildman–Crippen LogP) is 2.95. The van der Waals surface area contributed by atoms with Gasteiger partial charge in [-0.3, -0.25) is 4.79 Å². The Balaban J connectivity index is 2.20. The molecule has 1 aromatic rings. The Morgan fingerprint density at radius 2 is 1.94 bits per heavy atom. The maximum atomic E-state index is 12.4. The quantitative estimate of drug-likeness (QED) is 0.773. The standard InChI is InChI=1S/C12H12F3NOS/c13-12(14,15)10-3-1-9(2-4-10)11-7-18-6-5-16(11)8-17/h1-4,8,11H,5-7H2/t11-/m0/s1. The number of halogens is 3. The molecule has 1 saturated heterocycles. The lowest BCUT2D eigenvalue weighted by Gasteiger charge is -2.32. The van der Waals surface area contributed by atoms with Gasteiger partial charge in [-0.1, -0.05) is 12.1 Å². The number of alkyl halides is 3. The normalized spacial score (nSPS) is 20.8. The molecule has 2 rings (SSSR count). The zero-order chi connectivity index (χ0) is 13.2. The average molecular weight is 275 g/mol. The van der Waals surface area contributed by atoms with Crippen molar-refractivity contribution in [2.24, 2.45) is 0 Å². The van der Waals surface area contributed by atoms with Crippen LogP contribution in [0, 0.1) is 0 Å². The van der Waals surface area contributed by atoms with Gasteiger partial charge >= 0.3 is 6.18 Å². The molecule has 2 nitrogen and oxygen atoms in total. The Labute approximate surface area is 107 Å². The second-order valence-electron chi connectivity index (χ2n) is 4.05. The summed E-state index contributed by atoms with van der Waals surface area (Å²) in [4.78, 5) is 12.5. The summed E-state index contributed by atoms with van der Waals surface area (Å²) in [6, 6.07) is 4.92. The Bertz CT molecular complexity index is 418. The molecule has 0 spiro atoms. The average Bonchev–Trinajstić information content (AvgIpc) is 2.38. The largest absolute Gasteiger partial charge is 0.416 e. The fourth-order valence-corrected chi connectivity index (χ4v) is 3.04. The molecule has 98 valence electrons. The summed E-state index contributed by atoms with van der Waals surface area (Å²) < 4.78 is 37.3. The van der Waals surface area contributed by atoms with Crippen LogP contribution in [-0.2, 0) is 11.0 Å². The maximum Gasteiger partial charge on any atom is 0.416 e. The van der Waals surface area contributed by atoms with Gasteiger partial charge in [-0.25, -0.2) is 0 Å². The highest BCUT2D eigenvalue weighted by atomic mass is 32.2. The summed E-state index contributed by atoms with van der Waals surface area (Å²) in [5.41, 5.74) is 0.0923. The fraction of sp³-hybridized carbons (Fsp3) is 0.417. The van der Waals surface area contributed by atoms with E-state index in [4.69, 9.17) is 0 Å². The Morgan fingerprint density at radius 3 is 2.50 bits per heavy atom. The van der Waals surface area contributed by atoms with Gasteiger partial charge in [-0.15, -0.1) is 0 Å². The number of thioether (sulfide) groups is 1. The van der Waals surface area contributed by atoms with Crippen LogP contribution in [0.5, 0.6) is 0 Å². The molecular weight excluding hydrogens is 263 g/mol. The van der Waals surface area contributed by atoms with E-state index in [1.165, 1.54) is 12.1 Å². The van der Waals surface area contributed by atoms with E-state index in [9.17, 15) is 18.0 Å². The number of hydrogen-bond acceptors (Lipinski definition) is 2. The highest BCUT2D eigenvalue weighted by Crippen LogP contribution is 2.32. The number of carbonyl (C=O) groups is 1. The molecule has 0 bridgehead atoms. The molecule has 0 saturated carbocycles. The summed E-state index contributed by atoms with van der Waals surface area (Å²) in [6.45, 7) is 0.639. The van der Waals surface area contributed by atoms with Crippen molar-refractivity contribution in [3.05, 3.63) is 35.4 Å². The third-order valence-corrected chi connectivity index (χ3v) is 3.95. The molecule has 1 heterocycles. The summed E-state index contributed by atoms with van der Waals surface area (Å²) in [7, 11) is 0. The van der Waals surface area contributed by atoms with Crippen LogP contribution >= 0.6 is 11.8 Å². The summed E-state index contributed by atoms with van der Waals surface area (Å²) in [6.07, 6.45) is -3.55. The lowest BCUT2D eigenvalue weighted by Crippen LogP contribution is -2.34. The number of nitrogens with zero attached hydrogens (tertiary/aromatic N) is 1. The van der Waals surface area contributed by atoms with E-state index in [1.54, 1.807) is 16.7 Å². The lowest BCUT2D eigenvalue weighted by atomic mass is 10.0. The van der Waals surface area contributed by atoms with Crippen LogP contribution < -0.4 is 0 Å². The van der Waals surface area contributed by atoms with Gasteiger partial charge in [0.25, 0.3) is 0 Å². The van der Waals surface area contributed by atoms with Gasteiger partial charge in [-0.2, -0.15) is 24.9 Å². The van der Waals surface area contributed by atoms with Crippen molar-refractivity contribution in [3.63, 3.8) is 0 Å². The van der Waals surface area contributed by atoms with Crippen molar-refractivity contribution in [1.29, 1.82) is 0 Å². The van der Waals surface area contributed by atoms with E-state index in [0.29, 0.717) is 6.54 Å². The van der Waals surface area contributed by atoms with Gasteiger partial charge in [0.05, 0.1) is 11.6 Å². The first-order valence-electron chi connectivity index (χ1n) is 5.48. The van der Waals surface area contributed by atoms with Crippen LogP contribution in [0.25, 0.3) is 0 Å². The summed E-state index contributed by atoms with van der Waals surface area (Å²) in [5, 5.41) is 0. The minimum Gasteiger partial charge on any atom is -0.337 e. The molecular formula is C12H12F3NOS. The Hall–Kier alpha value is -1.17. The van der Waals surface area contributed by atoms with Gasteiger partial charge in [-0.05, 0) is 17.7 Å². The minimum absolute atomic E-state index is 0.122. The first-order chi connectivity index (χ1) is 8.52. The van der Waals surface area contributed by atoms with E-state index in [2.05, 4.69) is 0 Å². The topological polar surface area (TPSA) is 20.3 Å². The van der Waals surface area contributed by atoms with Gasteiger partial charge in [0.1, 0.15) is 0 Å². The van der Waals surface area contributed by atoms with Crippen LogP contribution in [0.3, 0.4) is 0 Å². The molecule has 0 N–H and O–H groups in total. The number of amides is 1. The van der Waals surface area contributed by atoms with E-state index in [0.717, 1.165) is 35.6 Å². The second-order valence-corrected chi connectivity index (χ2v) is 5.20. The van der Waals surface area contributed by atoms with Crippen LogP contribution in [0.4, 0.5) is 13.2 Å². The highest BCUT2D eigenvalue weighted by Gasteiger charge is 2.31. The monoisotopic (exact) mass is 275 g/mol. The number of benzene rings is 1. The Kier molecular flexibility index (Phi) is 3.85. The first-order valence-corrected chi connectivity index (χ1v) is 6.64. The third-order valence-electron chi connectivity index (χ3n) is 2.93. The maximum absolute atomic E-state index is 12.4. The molecule has 0 aromatic heterocycles. The van der Waals surface area contributed by atoms with Crippen LogP contribution in [0.15, 0.2) is 24.3 Å². The summed E-state index contributed by atoms with van der Waals surface area (Å²) >= 11 is 1.70. The van der Waals surface area contributed by atoms with E-state index in [1.807, 2.05) is 0 Å². The molecule has 6 heteroatoms. The molecule has 1 aliphatic rings. The molecule has 1 aromatic carbocycles. The van der Waals surface area contributed by atoms with Gasteiger partial charge in [0.15, 0.2) is 0 Å². The molecule has 1 aliphatic heterocycles. The Morgan fingerprint density at radius 1 is 1.28 bits per heavy atom. The first kappa shape index (κ1) is 13.3. The second kappa shape index (κ2) is 5.22. The van der Waals surface area contributed by atoms with Gasteiger partial charge < -0.3 is 4.90 Å². The van der Waals surface area contributed by atoms with Crippen molar-refractivity contribution in [2.45, 2.75) is 12.2 Å². The number of hydrogen-bond donors (Lipinski definition) is 0. The van der Waals surface area contributed by atoms with Gasteiger partial charge in [0, 0.05) is 18.1 Å². The van der Waals surface area contributed by atoms with Crippen molar-refractivity contribution < 1.29 is 18.0 Å². The molecule has 1 atom stereocenters. The fourth-order valence-electron chi connectivity index (χ4n) is 1.92. The summed E-state index contributed by atoms with van der Waals surface area (Å²) in [5.74, 6) is 1.60. The molecule has 1 fully saturated rings. The van der Waals surface area contributed by atoms with Crippen molar-refractivity contribution >= 4 is 18.2 Å². The van der Waals surface area contributed by atoms with Crippen molar-refractivity contribution in [3.8, 4) is 0 Å². The van der Waals surface area contributed by atoms with Crippen LogP contribution in [-0.4, -0.2) is 29.4 Å². The molecule has 1 amide bonds. The van der Waals surface area contributed by atoms with E-state index >= 15 is 0 Å². The van der Waals surface area contributed by atoms with E-state index in [-0.39, 0.29) is 6.04 Å². The molecule has 0 unspecified atom stereocenters. The van der Waals surface area contributed by atoms with Crippen LogP contribution in [0.2, 0.25) is 0 Å².